The van der Waals surface area contributed by atoms with Crippen LogP contribution in [0.4, 0.5) is 5.82 Å². The Morgan fingerprint density at radius 3 is 2.57 bits per heavy atom. The van der Waals surface area contributed by atoms with Crippen LogP contribution in [0.3, 0.4) is 0 Å². The fourth-order valence-electron chi connectivity index (χ4n) is 2.63. The van der Waals surface area contributed by atoms with Gasteiger partial charge in [0.2, 0.25) is 0 Å². The van der Waals surface area contributed by atoms with Crippen LogP contribution in [-0.2, 0) is 0 Å². The van der Waals surface area contributed by atoms with Gasteiger partial charge in [0, 0.05) is 11.6 Å². The summed E-state index contributed by atoms with van der Waals surface area (Å²) in [6, 6.07) is 4.15. The van der Waals surface area contributed by atoms with Crippen LogP contribution in [0.5, 0.6) is 11.5 Å². The van der Waals surface area contributed by atoms with Gasteiger partial charge in [-0.3, -0.25) is 0 Å². The zero-order valence-corrected chi connectivity index (χ0v) is 13.1. The number of halogens is 1. The molecule has 0 saturated heterocycles. The Morgan fingerprint density at radius 1 is 1.29 bits per heavy atom. The first-order valence-corrected chi connectivity index (χ1v) is 7.21. The molecule has 0 radical (unpaired) electrons. The van der Waals surface area contributed by atoms with Gasteiger partial charge in [-0.25, -0.2) is 4.98 Å². The van der Waals surface area contributed by atoms with Crippen LogP contribution < -0.4 is 15.2 Å². The van der Waals surface area contributed by atoms with Gasteiger partial charge in [0.25, 0.3) is 0 Å². The number of nitrogen functional groups attached to an aromatic ring is 1. The molecule has 1 heterocycles. The number of methoxy groups -OCH3 is 2. The van der Waals surface area contributed by atoms with Crippen molar-refractivity contribution < 1.29 is 9.47 Å². The van der Waals surface area contributed by atoms with E-state index < -0.39 is 0 Å². The number of hydrogen-bond acceptors (Lipinski definition) is 4. The topological polar surface area (TPSA) is 62.3 Å². The van der Waals surface area contributed by atoms with E-state index in [1.165, 1.54) is 0 Å². The first kappa shape index (κ1) is 14.1. The van der Waals surface area contributed by atoms with Crippen molar-refractivity contribution in [1.82, 2.24) is 9.55 Å². The summed E-state index contributed by atoms with van der Waals surface area (Å²) < 4.78 is 12.7. The lowest BCUT2D eigenvalue weighted by molar-refractivity contribution is 0.355. The van der Waals surface area contributed by atoms with Gasteiger partial charge in [0.05, 0.1) is 19.2 Å². The Hall–Kier alpha value is -1.88. The fourth-order valence-corrected chi connectivity index (χ4v) is 2.95. The first-order valence-electron chi connectivity index (χ1n) is 6.83. The average Bonchev–Trinajstić information content (AvgIpc) is 3.25. The summed E-state index contributed by atoms with van der Waals surface area (Å²) >= 11 is 6.45. The number of ether oxygens (including phenoxy) is 2. The Labute approximate surface area is 128 Å². The third kappa shape index (κ3) is 2.21. The van der Waals surface area contributed by atoms with Crippen molar-refractivity contribution in [3.63, 3.8) is 0 Å². The molecule has 1 saturated carbocycles. The quantitative estimate of drug-likeness (QED) is 0.939. The van der Waals surface area contributed by atoms with Crippen LogP contribution in [-0.4, -0.2) is 23.8 Å². The minimum atomic E-state index is 0.462. The number of anilines is 1. The maximum atomic E-state index is 6.45. The standard InChI is InChI=1S/C15H18ClN3O2/c1-8-18-13(15(17)19(8)9-4-5-9)10-6-7-11(20-2)14(21-3)12(10)16/h6-7,9H,4-5,17H2,1-3H3. The predicted molar refractivity (Wildman–Crippen MR) is 83.2 cm³/mol. The Kier molecular flexibility index (Phi) is 3.45. The van der Waals surface area contributed by atoms with E-state index in [-0.39, 0.29) is 0 Å². The summed E-state index contributed by atoms with van der Waals surface area (Å²) in [6.45, 7) is 1.97. The number of imidazole rings is 1. The van der Waals surface area contributed by atoms with Gasteiger partial charge < -0.3 is 19.8 Å². The van der Waals surface area contributed by atoms with Gasteiger partial charge in [0.1, 0.15) is 17.3 Å². The molecule has 21 heavy (non-hydrogen) atoms. The third-order valence-corrected chi connectivity index (χ3v) is 4.15. The average molecular weight is 308 g/mol. The normalized spacial score (nSPS) is 14.3. The van der Waals surface area contributed by atoms with Crippen LogP contribution in [0.15, 0.2) is 12.1 Å². The van der Waals surface area contributed by atoms with Crippen molar-refractivity contribution in [2.75, 3.05) is 20.0 Å². The van der Waals surface area contributed by atoms with Crippen molar-refractivity contribution in [2.24, 2.45) is 0 Å². The van der Waals surface area contributed by atoms with E-state index in [2.05, 4.69) is 9.55 Å². The highest BCUT2D eigenvalue weighted by Gasteiger charge is 2.29. The number of aromatic nitrogens is 2. The number of rotatable bonds is 4. The van der Waals surface area contributed by atoms with Crippen LogP contribution in [0.25, 0.3) is 11.3 Å². The van der Waals surface area contributed by atoms with Crippen LogP contribution in [0.1, 0.15) is 24.7 Å². The summed E-state index contributed by atoms with van der Waals surface area (Å²) in [7, 11) is 3.14. The van der Waals surface area contributed by atoms with Gasteiger partial charge in [-0.2, -0.15) is 0 Å². The largest absolute Gasteiger partial charge is 0.493 e. The van der Waals surface area contributed by atoms with Crippen LogP contribution in [0.2, 0.25) is 5.02 Å². The van der Waals surface area contributed by atoms with Crippen LogP contribution >= 0.6 is 11.6 Å². The molecule has 1 aliphatic rings. The fraction of sp³-hybridized carbons (Fsp3) is 0.400. The Balaban J connectivity index is 2.15. The molecule has 1 fully saturated rings. The maximum absolute atomic E-state index is 6.45. The zero-order valence-electron chi connectivity index (χ0n) is 12.3. The molecule has 0 bridgehead atoms. The number of nitrogens with two attached hydrogens (primary N) is 1. The molecule has 1 aliphatic carbocycles. The number of aryl methyl sites for hydroxylation is 1. The van der Waals surface area contributed by atoms with Gasteiger partial charge in [0.15, 0.2) is 11.5 Å². The van der Waals surface area contributed by atoms with Crippen molar-refractivity contribution in [3.05, 3.63) is 23.0 Å². The molecule has 2 aromatic rings. The molecular formula is C15H18ClN3O2. The van der Waals surface area contributed by atoms with E-state index in [4.69, 9.17) is 26.8 Å². The van der Waals surface area contributed by atoms with Gasteiger partial charge in [-0.1, -0.05) is 11.6 Å². The molecule has 1 aromatic carbocycles. The molecule has 3 rings (SSSR count). The van der Waals surface area contributed by atoms with Crippen LogP contribution in [0, 0.1) is 6.92 Å². The van der Waals surface area contributed by atoms with Gasteiger partial charge in [-0.05, 0) is 31.9 Å². The summed E-state index contributed by atoms with van der Waals surface area (Å²) in [5.74, 6) is 2.65. The van der Waals surface area contributed by atoms with Crippen molar-refractivity contribution in [1.29, 1.82) is 0 Å². The lowest BCUT2D eigenvalue weighted by Gasteiger charge is -2.12. The monoisotopic (exact) mass is 307 g/mol. The molecule has 0 amide bonds. The highest BCUT2D eigenvalue weighted by Crippen LogP contribution is 2.45. The Morgan fingerprint density at radius 2 is 2.00 bits per heavy atom. The molecule has 5 nitrogen and oxygen atoms in total. The summed E-state index contributed by atoms with van der Waals surface area (Å²) in [5, 5.41) is 0.462. The molecule has 0 aliphatic heterocycles. The van der Waals surface area contributed by atoms with Crippen molar-refractivity contribution >= 4 is 17.4 Å². The first-order chi connectivity index (χ1) is 10.1. The second-order valence-electron chi connectivity index (χ2n) is 5.16. The molecule has 0 unspecified atom stereocenters. The second kappa shape index (κ2) is 5.15. The molecule has 2 N–H and O–H groups in total. The Bertz CT molecular complexity index is 693. The highest BCUT2D eigenvalue weighted by molar-refractivity contribution is 6.35. The minimum absolute atomic E-state index is 0.462. The molecule has 1 aromatic heterocycles. The summed E-state index contributed by atoms with van der Waals surface area (Å²) in [6.07, 6.45) is 2.31. The number of hydrogen-bond donors (Lipinski definition) is 1. The molecule has 0 spiro atoms. The van der Waals surface area contributed by atoms with E-state index in [0.717, 1.165) is 24.2 Å². The molecule has 0 atom stereocenters. The smallest absolute Gasteiger partial charge is 0.180 e. The number of benzene rings is 1. The second-order valence-corrected chi connectivity index (χ2v) is 5.53. The highest BCUT2D eigenvalue weighted by atomic mass is 35.5. The van der Waals surface area contributed by atoms with E-state index in [9.17, 15) is 0 Å². The molecule has 6 heteroatoms. The van der Waals surface area contributed by atoms with E-state index >= 15 is 0 Å². The molecule has 112 valence electrons. The van der Waals surface area contributed by atoms with E-state index in [1.54, 1.807) is 14.2 Å². The van der Waals surface area contributed by atoms with Gasteiger partial charge >= 0.3 is 0 Å². The maximum Gasteiger partial charge on any atom is 0.180 e. The van der Waals surface area contributed by atoms with Gasteiger partial charge in [-0.15, -0.1) is 0 Å². The predicted octanol–water partition coefficient (Wildman–Crippen LogP) is 3.45. The zero-order chi connectivity index (χ0) is 15.1. The SMILES string of the molecule is COc1ccc(-c2nc(C)n(C3CC3)c2N)c(Cl)c1OC. The molecular weight excluding hydrogens is 290 g/mol. The summed E-state index contributed by atoms with van der Waals surface area (Å²) in [4.78, 5) is 4.59. The van der Waals surface area contributed by atoms with Crippen molar-refractivity contribution in [2.45, 2.75) is 25.8 Å². The summed E-state index contributed by atoms with van der Waals surface area (Å²) in [5.41, 5.74) is 7.74. The third-order valence-electron chi connectivity index (χ3n) is 3.78. The van der Waals surface area contributed by atoms with Crippen molar-refractivity contribution in [3.8, 4) is 22.8 Å². The lowest BCUT2D eigenvalue weighted by Crippen LogP contribution is -2.02. The number of nitrogens with zero attached hydrogens (tertiary/aromatic N) is 2. The van der Waals surface area contributed by atoms with E-state index in [1.807, 2.05) is 19.1 Å². The lowest BCUT2D eigenvalue weighted by atomic mass is 10.1. The van der Waals surface area contributed by atoms with E-state index in [0.29, 0.717) is 34.1 Å². The minimum Gasteiger partial charge on any atom is -0.493 e.